The predicted octanol–water partition coefficient (Wildman–Crippen LogP) is 2.24. The number of carbonyl (C=O) groups excluding carboxylic acids is 2. The van der Waals surface area contributed by atoms with Crippen molar-refractivity contribution in [3.63, 3.8) is 0 Å². The zero-order chi connectivity index (χ0) is 18.6. The molecule has 4 saturated carbocycles. The average molecular weight is 370 g/mol. The molecular formula is C20H26N4O3. The van der Waals surface area contributed by atoms with Crippen LogP contribution in [0.3, 0.4) is 0 Å². The van der Waals surface area contributed by atoms with Gasteiger partial charge in [0.25, 0.3) is 5.91 Å². The molecule has 0 unspecified atom stereocenters. The highest BCUT2D eigenvalue weighted by Gasteiger charge is 2.51. The van der Waals surface area contributed by atoms with E-state index in [4.69, 9.17) is 5.21 Å². The molecule has 144 valence electrons. The van der Waals surface area contributed by atoms with Crippen molar-refractivity contribution in [3.05, 3.63) is 29.1 Å². The second-order valence-electron chi connectivity index (χ2n) is 9.04. The van der Waals surface area contributed by atoms with Gasteiger partial charge in [-0.2, -0.15) is 0 Å². The lowest BCUT2D eigenvalue weighted by atomic mass is 9.53. The molecule has 0 atom stereocenters. The Morgan fingerprint density at radius 3 is 2.41 bits per heavy atom. The first-order valence-electron chi connectivity index (χ1n) is 10.0. The molecule has 5 aliphatic rings. The third kappa shape index (κ3) is 2.98. The molecule has 27 heavy (non-hydrogen) atoms. The number of hydrogen-bond donors (Lipinski definition) is 3. The number of amides is 3. The molecule has 4 fully saturated rings. The van der Waals surface area contributed by atoms with Gasteiger partial charge in [0.15, 0.2) is 0 Å². The van der Waals surface area contributed by atoms with E-state index in [1.54, 1.807) is 11.5 Å². The molecule has 0 radical (unpaired) electrons. The quantitative estimate of drug-likeness (QED) is 0.550. The highest BCUT2D eigenvalue weighted by Crippen LogP contribution is 2.55. The first-order valence-corrected chi connectivity index (χ1v) is 10.0. The van der Waals surface area contributed by atoms with E-state index < -0.39 is 5.91 Å². The maximum Gasteiger partial charge on any atom is 0.318 e. The summed E-state index contributed by atoms with van der Waals surface area (Å²) in [5.41, 5.74) is 3.63. The SMILES string of the molecule is O=C(NO)c1ccc2c(n1)CCN(C(=O)NC13CC4CC(CC(C4)C1)C3)C2. The lowest BCUT2D eigenvalue weighted by Gasteiger charge is -2.57. The van der Waals surface area contributed by atoms with Crippen LogP contribution in [0.2, 0.25) is 0 Å². The van der Waals surface area contributed by atoms with Crippen LogP contribution < -0.4 is 10.8 Å². The topological polar surface area (TPSA) is 94.6 Å². The van der Waals surface area contributed by atoms with Crippen LogP contribution in [0.15, 0.2) is 12.1 Å². The number of aromatic nitrogens is 1. The third-order valence-electron chi connectivity index (χ3n) is 7.08. The summed E-state index contributed by atoms with van der Waals surface area (Å²) < 4.78 is 0. The van der Waals surface area contributed by atoms with Crippen molar-refractivity contribution in [2.75, 3.05) is 6.54 Å². The molecule has 7 nitrogen and oxygen atoms in total. The second-order valence-corrected chi connectivity index (χ2v) is 9.04. The number of nitrogens with zero attached hydrogens (tertiary/aromatic N) is 2. The number of rotatable bonds is 2. The van der Waals surface area contributed by atoms with Gasteiger partial charge >= 0.3 is 6.03 Å². The Kier molecular flexibility index (Phi) is 3.89. The third-order valence-corrected chi connectivity index (χ3v) is 7.08. The van der Waals surface area contributed by atoms with Crippen molar-refractivity contribution in [1.82, 2.24) is 20.7 Å². The summed E-state index contributed by atoms with van der Waals surface area (Å²) in [4.78, 5) is 30.7. The number of carbonyl (C=O) groups is 2. The summed E-state index contributed by atoms with van der Waals surface area (Å²) in [6.07, 6.45) is 8.16. The van der Waals surface area contributed by atoms with E-state index in [9.17, 15) is 9.59 Å². The van der Waals surface area contributed by atoms with E-state index in [0.29, 0.717) is 19.5 Å². The molecular weight excluding hydrogens is 344 g/mol. The van der Waals surface area contributed by atoms with Crippen molar-refractivity contribution in [1.29, 1.82) is 0 Å². The van der Waals surface area contributed by atoms with Crippen LogP contribution in [-0.4, -0.2) is 39.1 Å². The molecule has 3 amide bonds. The van der Waals surface area contributed by atoms with Gasteiger partial charge in [-0.3, -0.25) is 10.0 Å². The number of nitrogens with one attached hydrogen (secondary N) is 2. The fraction of sp³-hybridized carbons (Fsp3) is 0.650. The van der Waals surface area contributed by atoms with Crippen LogP contribution in [0, 0.1) is 17.8 Å². The van der Waals surface area contributed by atoms with Crippen molar-refractivity contribution in [3.8, 4) is 0 Å². The average Bonchev–Trinajstić information content (AvgIpc) is 2.65. The smallest absolute Gasteiger partial charge is 0.318 e. The predicted molar refractivity (Wildman–Crippen MR) is 97.0 cm³/mol. The minimum absolute atomic E-state index is 0.0213. The van der Waals surface area contributed by atoms with E-state index in [1.807, 2.05) is 11.0 Å². The summed E-state index contributed by atoms with van der Waals surface area (Å²) >= 11 is 0. The molecule has 1 aromatic rings. The van der Waals surface area contributed by atoms with E-state index in [0.717, 1.165) is 48.3 Å². The largest absolute Gasteiger partial charge is 0.333 e. The highest BCUT2D eigenvalue weighted by molar-refractivity contribution is 5.91. The van der Waals surface area contributed by atoms with Gasteiger partial charge in [0, 0.05) is 30.7 Å². The molecule has 0 aromatic carbocycles. The first-order chi connectivity index (χ1) is 13.0. The zero-order valence-corrected chi connectivity index (χ0v) is 15.4. The molecule has 1 aliphatic heterocycles. The normalized spacial score (nSPS) is 33.5. The Labute approximate surface area is 158 Å². The van der Waals surface area contributed by atoms with Crippen molar-refractivity contribution >= 4 is 11.9 Å². The van der Waals surface area contributed by atoms with Gasteiger partial charge in [0.05, 0.1) is 0 Å². The molecule has 2 heterocycles. The molecule has 0 spiro atoms. The molecule has 7 heteroatoms. The van der Waals surface area contributed by atoms with Crippen LogP contribution in [0.25, 0.3) is 0 Å². The van der Waals surface area contributed by atoms with Crippen LogP contribution in [0.5, 0.6) is 0 Å². The van der Waals surface area contributed by atoms with Crippen LogP contribution in [0.4, 0.5) is 4.79 Å². The second kappa shape index (κ2) is 6.19. The highest BCUT2D eigenvalue weighted by atomic mass is 16.5. The molecule has 4 aliphatic carbocycles. The summed E-state index contributed by atoms with van der Waals surface area (Å²) in [5.74, 6) is 1.80. The minimum Gasteiger partial charge on any atom is -0.333 e. The summed E-state index contributed by atoms with van der Waals surface area (Å²) in [7, 11) is 0. The number of urea groups is 1. The monoisotopic (exact) mass is 370 g/mol. The number of pyridine rings is 1. The molecule has 6 rings (SSSR count). The Morgan fingerprint density at radius 2 is 1.78 bits per heavy atom. The lowest BCUT2D eigenvalue weighted by molar-refractivity contribution is -0.0159. The maximum absolute atomic E-state index is 13.0. The lowest BCUT2D eigenvalue weighted by Crippen LogP contribution is -2.62. The van der Waals surface area contributed by atoms with Crippen molar-refractivity contribution in [2.24, 2.45) is 17.8 Å². The van der Waals surface area contributed by atoms with Gasteiger partial charge in [0.2, 0.25) is 0 Å². The number of hydroxylamine groups is 1. The minimum atomic E-state index is -0.611. The fourth-order valence-electron chi connectivity index (χ4n) is 6.34. The molecule has 1 aromatic heterocycles. The van der Waals surface area contributed by atoms with Crippen LogP contribution >= 0.6 is 0 Å². The molecule has 3 N–H and O–H groups in total. The zero-order valence-electron chi connectivity index (χ0n) is 15.4. The van der Waals surface area contributed by atoms with Crippen molar-refractivity contribution in [2.45, 2.75) is 57.0 Å². The fourth-order valence-corrected chi connectivity index (χ4v) is 6.34. The van der Waals surface area contributed by atoms with E-state index in [2.05, 4.69) is 10.3 Å². The Balaban J connectivity index is 1.28. The van der Waals surface area contributed by atoms with E-state index >= 15 is 0 Å². The van der Waals surface area contributed by atoms with Crippen molar-refractivity contribution < 1.29 is 14.8 Å². The summed E-state index contributed by atoms with van der Waals surface area (Å²) in [6.45, 7) is 1.12. The van der Waals surface area contributed by atoms with E-state index in [-0.39, 0.29) is 17.3 Å². The number of fused-ring (bicyclic) bond motifs is 1. The standard InChI is InChI=1S/C20H26N4O3/c25-18(23-27)17-2-1-15-11-24(4-3-16(15)21-17)19(26)22-20-8-12-5-13(9-20)7-14(6-12)10-20/h1-2,12-14,27H,3-11H2,(H,22,26)(H,23,25). The molecule has 0 saturated heterocycles. The van der Waals surface area contributed by atoms with Gasteiger partial charge in [-0.15, -0.1) is 0 Å². The van der Waals surface area contributed by atoms with Gasteiger partial charge < -0.3 is 10.2 Å². The maximum atomic E-state index is 13.0. The van der Waals surface area contributed by atoms with E-state index in [1.165, 1.54) is 19.3 Å². The Morgan fingerprint density at radius 1 is 1.11 bits per heavy atom. The van der Waals surface area contributed by atoms with Crippen LogP contribution in [0.1, 0.15) is 60.3 Å². The van der Waals surface area contributed by atoms with Crippen LogP contribution in [-0.2, 0) is 13.0 Å². The summed E-state index contributed by atoms with van der Waals surface area (Å²) in [5, 5.41) is 12.2. The van der Waals surface area contributed by atoms with Gasteiger partial charge in [-0.1, -0.05) is 6.07 Å². The number of hydrogen-bond acceptors (Lipinski definition) is 4. The van der Waals surface area contributed by atoms with Gasteiger partial charge in [-0.25, -0.2) is 15.3 Å². The van der Waals surface area contributed by atoms with Gasteiger partial charge in [-0.05, 0) is 67.9 Å². The van der Waals surface area contributed by atoms with Gasteiger partial charge in [0.1, 0.15) is 5.69 Å². The first kappa shape index (κ1) is 17.0. The molecule has 4 bridgehead atoms. The Bertz CT molecular complexity index is 758. The summed E-state index contributed by atoms with van der Waals surface area (Å²) in [6, 6.07) is 3.46. The Hall–Kier alpha value is -2.15.